The standard InChI is InChI=1S/C24H31N3O4.C2HF3O2/c1-16(2)13-21(24(30)31)27-23(29)20(15-18-11-7-4-8-12-18)26-22(28)19(25)14-17-9-5-3-6-10-17;3-2(4,5)1(6)7/h3-12,16,19-21H,13-15,25H2,1-2H3,(H,26,28)(H,27,29)(H,30,31);(H,6,7)/t19-,20-,21-;/m1./s1. The maximum Gasteiger partial charge on any atom is 0.490 e. The molecule has 0 aliphatic heterocycles. The molecule has 0 fully saturated rings. The van der Waals surface area contributed by atoms with Crippen LogP contribution in [0.5, 0.6) is 0 Å². The van der Waals surface area contributed by atoms with E-state index in [4.69, 9.17) is 15.6 Å². The molecule has 0 heterocycles. The van der Waals surface area contributed by atoms with Crippen LogP contribution in [0, 0.1) is 5.92 Å². The van der Waals surface area contributed by atoms with Crippen molar-refractivity contribution in [2.75, 3.05) is 0 Å². The molecule has 2 aromatic rings. The Hall–Kier alpha value is -3.93. The Morgan fingerprint density at radius 1 is 0.789 bits per heavy atom. The molecular weight excluding hydrogens is 507 g/mol. The molecule has 9 nitrogen and oxygen atoms in total. The highest BCUT2D eigenvalue weighted by atomic mass is 19.4. The fraction of sp³-hybridized carbons (Fsp3) is 0.385. The average molecular weight is 540 g/mol. The minimum Gasteiger partial charge on any atom is -0.480 e. The predicted octanol–water partition coefficient (Wildman–Crippen LogP) is 2.53. The van der Waals surface area contributed by atoms with Gasteiger partial charge in [-0.2, -0.15) is 13.2 Å². The molecule has 2 aromatic carbocycles. The monoisotopic (exact) mass is 539 g/mol. The first kappa shape index (κ1) is 32.1. The van der Waals surface area contributed by atoms with Gasteiger partial charge < -0.3 is 26.6 Å². The van der Waals surface area contributed by atoms with Gasteiger partial charge in [0.05, 0.1) is 6.04 Å². The number of carbonyl (C=O) groups is 4. The van der Waals surface area contributed by atoms with Crippen molar-refractivity contribution in [3.8, 4) is 0 Å². The number of benzene rings is 2. The van der Waals surface area contributed by atoms with Crippen LogP contribution in [0.3, 0.4) is 0 Å². The van der Waals surface area contributed by atoms with Gasteiger partial charge in [0.15, 0.2) is 0 Å². The van der Waals surface area contributed by atoms with Gasteiger partial charge in [0.25, 0.3) is 0 Å². The second-order valence-electron chi connectivity index (χ2n) is 8.88. The van der Waals surface area contributed by atoms with Gasteiger partial charge >= 0.3 is 18.1 Å². The molecule has 3 atom stereocenters. The lowest BCUT2D eigenvalue weighted by Gasteiger charge is -2.24. The SMILES string of the molecule is CC(C)C[C@@H](NC(=O)[C@@H](Cc1ccccc1)NC(=O)[C@H](N)Cc1ccccc1)C(=O)O.O=C(O)C(F)(F)F. The molecule has 0 aliphatic carbocycles. The van der Waals surface area contributed by atoms with Crippen LogP contribution >= 0.6 is 0 Å². The maximum absolute atomic E-state index is 12.9. The number of hydrogen-bond acceptors (Lipinski definition) is 5. The van der Waals surface area contributed by atoms with E-state index >= 15 is 0 Å². The molecule has 0 saturated carbocycles. The number of amides is 2. The van der Waals surface area contributed by atoms with Crippen molar-refractivity contribution < 1.29 is 42.6 Å². The fourth-order valence-electron chi connectivity index (χ4n) is 3.26. The van der Waals surface area contributed by atoms with Crippen molar-refractivity contribution in [1.29, 1.82) is 0 Å². The summed E-state index contributed by atoms with van der Waals surface area (Å²) in [5.41, 5.74) is 7.83. The molecule has 0 bridgehead atoms. The van der Waals surface area contributed by atoms with Crippen molar-refractivity contribution in [2.45, 2.75) is 57.4 Å². The smallest absolute Gasteiger partial charge is 0.480 e. The summed E-state index contributed by atoms with van der Waals surface area (Å²) in [6, 6.07) is 15.8. The van der Waals surface area contributed by atoms with Gasteiger partial charge in [0, 0.05) is 6.42 Å². The zero-order valence-corrected chi connectivity index (χ0v) is 20.9. The number of hydrogen-bond donors (Lipinski definition) is 5. The lowest BCUT2D eigenvalue weighted by atomic mass is 10.0. The van der Waals surface area contributed by atoms with Crippen LogP contribution in [0.2, 0.25) is 0 Å². The number of nitrogens with one attached hydrogen (secondary N) is 2. The fourth-order valence-corrected chi connectivity index (χ4v) is 3.26. The van der Waals surface area contributed by atoms with E-state index in [1.807, 2.05) is 74.5 Å². The molecular formula is C26H32F3N3O6. The zero-order valence-electron chi connectivity index (χ0n) is 20.9. The summed E-state index contributed by atoms with van der Waals surface area (Å²) in [5.74, 6) is -4.78. The Morgan fingerprint density at radius 3 is 1.61 bits per heavy atom. The van der Waals surface area contributed by atoms with E-state index in [0.717, 1.165) is 11.1 Å². The van der Waals surface area contributed by atoms with Gasteiger partial charge in [-0.1, -0.05) is 74.5 Å². The van der Waals surface area contributed by atoms with Crippen LogP contribution in [0.25, 0.3) is 0 Å². The third-order valence-corrected chi connectivity index (χ3v) is 5.12. The predicted molar refractivity (Wildman–Crippen MR) is 133 cm³/mol. The van der Waals surface area contributed by atoms with E-state index in [0.29, 0.717) is 12.8 Å². The van der Waals surface area contributed by atoms with E-state index in [1.54, 1.807) is 0 Å². The van der Waals surface area contributed by atoms with Crippen molar-refractivity contribution in [1.82, 2.24) is 10.6 Å². The molecule has 2 rings (SSSR count). The van der Waals surface area contributed by atoms with Crippen LogP contribution in [0.4, 0.5) is 13.2 Å². The molecule has 208 valence electrons. The molecule has 2 amide bonds. The number of halogens is 3. The molecule has 0 radical (unpaired) electrons. The highest BCUT2D eigenvalue weighted by Crippen LogP contribution is 2.13. The summed E-state index contributed by atoms with van der Waals surface area (Å²) < 4.78 is 31.7. The number of aliphatic carboxylic acids is 2. The second kappa shape index (κ2) is 15.4. The summed E-state index contributed by atoms with van der Waals surface area (Å²) in [4.78, 5) is 46.1. The third kappa shape index (κ3) is 12.3. The van der Waals surface area contributed by atoms with Gasteiger partial charge in [0.2, 0.25) is 11.8 Å². The number of carbonyl (C=O) groups excluding carboxylic acids is 2. The Kier molecular flexibility index (Phi) is 13.0. The maximum atomic E-state index is 12.9. The van der Waals surface area contributed by atoms with Gasteiger partial charge in [-0.25, -0.2) is 9.59 Å². The first-order valence-corrected chi connectivity index (χ1v) is 11.7. The summed E-state index contributed by atoms with van der Waals surface area (Å²) in [5, 5.41) is 21.9. The summed E-state index contributed by atoms with van der Waals surface area (Å²) in [7, 11) is 0. The van der Waals surface area contributed by atoms with E-state index in [1.165, 1.54) is 0 Å². The largest absolute Gasteiger partial charge is 0.490 e. The van der Waals surface area contributed by atoms with Crippen LogP contribution in [0.15, 0.2) is 60.7 Å². The summed E-state index contributed by atoms with van der Waals surface area (Å²) in [6.45, 7) is 3.77. The minimum atomic E-state index is -5.08. The van der Waals surface area contributed by atoms with E-state index in [9.17, 15) is 32.7 Å². The Bertz CT molecular complexity index is 1050. The quantitative estimate of drug-likeness (QED) is 0.293. The minimum absolute atomic E-state index is 0.0860. The first-order valence-electron chi connectivity index (χ1n) is 11.7. The molecule has 6 N–H and O–H groups in total. The molecule has 0 aliphatic rings. The molecule has 0 saturated heterocycles. The first-order chi connectivity index (χ1) is 17.7. The molecule has 12 heteroatoms. The van der Waals surface area contributed by atoms with Crippen molar-refractivity contribution >= 4 is 23.8 Å². The van der Waals surface area contributed by atoms with E-state index < -0.39 is 48.1 Å². The molecule has 38 heavy (non-hydrogen) atoms. The van der Waals surface area contributed by atoms with Crippen LogP contribution in [-0.2, 0) is 32.0 Å². The van der Waals surface area contributed by atoms with E-state index in [-0.39, 0.29) is 12.3 Å². The van der Waals surface area contributed by atoms with Crippen LogP contribution in [0.1, 0.15) is 31.4 Å². The van der Waals surface area contributed by atoms with Gasteiger partial charge in [-0.3, -0.25) is 9.59 Å². The van der Waals surface area contributed by atoms with Gasteiger partial charge in [-0.05, 0) is 29.9 Å². The number of carboxylic acid groups (broad SMARTS) is 2. The lowest BCUT2D eigenvalue weighted by Crippen LogP contribution is -2.55. The number of nitrogens with two attached hydrogens (primary N) is 1. The molecule has 0 unspecified atom stereocenters. The van der Waals surface area contributed by atoms with E-state index in [2.05, 4.69) is 10.6 Å². The van der Waals surface area contributed by atoms with Crippen molar-refractivity contribution in [3.05, 3.63) is 71.8 Å². The normalized spacial score (nSPS) is 13.3. The number of rotatable bonds is 11. The highest BCUT2D eigenvalue weighted by molar-refractivity contribution is 5.92. The van der Waals surface area contributed by atoms with Crippen molar-refractivity contribution in [2.24, 2.45) is 11.7 Å². The zero-order chi connectivity index (χ0) is 28.9. The second-order valence-corrected chi connectivity index (χ2v) is 8.88. The summed E-state index contributed by atoms with van der Waals surface area (Å²) in [6.07, 6.45) is -4.23. The third-order valence-electron chi connectivity index (χ3n) is 5.12. The highest BCUT2D eigenvalue weighted by Gasteiger charge is 2.38. The average Bonchev–Trinajstić information content (AvgIpc) is 2.83. The molecule has 0 aromatic heterocycles. The molecule has 0 spiro atoms. The number of alkyl halides is 3. The lowest BCUT2D eigenvalue weighted by molar-refractivity contribution is -0.192. The Balaban J connectivity index is 0.000000905. The Labute approximate surface area is 218 Å². The van der Waals surface area contributed by atoms with Gasteiger partial charge in [0.1, 0.15) is 12.1 Å². The Morgan fingerprint density at radius 2 is 1.21 bits per heavy atom. The van der Waals surface area contributed by atoms with Crippen LogP contribution in [-0.4, -0.2) is 58.3 Å². The summed E-state index contributed by atoms with van der Waals surface area (Å²) >= 11 is 0. The van der Waals surface area contributed by atoms with Crippen LogP contribution < -0.4 is 16.4 Å². The van der Waals surface area contributed by atoms with Gasteiger partial charge in [-0.15, -0.1) is 0 Å². The topological polar surface area (TPSA) is 159 Å². The van der Waals surface area contributed by atoms with Crippen molar-refractivity contribution in [3.63, 3.8) is 0 Å². The number of carboxylic acids is 2.